The van der Waals surface area contributed by atoms with Crippen molar-refractivity contribution in [2.45, 2.75) is 39.0 Å². The molecule has 0 aromatic heterocycles. The molecule has 1 rings (SSSR count). The van der Waals surface area contributed by atoms with Crippen LogP contribution >= 0.6 is 15.9 Å². The quantitative estimate of drug-likeness (QED) is 0.813. The second-order valence-electron chi connectivity index (χ2n) is 5.10. The van der Waals surface area contributed by atoms with E-state index < -0.39 is 21.1 Å². The van der Waals surface area contributed by atoms with Crippen molar-refractivity contribution in [2.75, 3.05) is 11.3 Å². The average Bonchev–Trinajstić information content (AvgIpc) is 2.32. The van der Waals surface area contributed by atoms with Crippen molar-refractivity contribution < 1.29 is 12.8 Å². The molecule has 1 unspecified atom stereocenters. The third-order valence-electron chi connectivity index (χ3n) is 2.86. The standard InChI is InChI=1S/C13H20BrFN2O2S/c1-8(2)16-7-10(4)20(18,19)17-13-6-12(15)11(14)5-9(13)3/h5-6,8,10,16-17H,7H2,1-4H3. The lowest BCUT2D eigenvalue weighted by Crippen LogP contribution is -2.37. The largest absolute Gasteiger partial charge is 0.313 e. The molecule has 0 aliphatic heterocycles. The topological polar surface area (TPSA) is 58.2 Å². The summed E-state index contributed by atoms with van der Waals surface area (Å²) in [4.78, 5) is 0. The molecular weight excluding hydrogens is 347 g/mol. The predicted molar refractivity (Wildman–Crippen MR) is 84.0 cm³/mol. The van der Waals surface area contributed by atoms with Crippen molar-refractivity contribution >= 4 is 31.6 Å². The molecule has 2 N–H and O–H groups in total. The van der Waals surface area contributed by atoms with E-state index in [1.807, 2.05) is 13.8 Å². The molecule has 0 fully saturated rings. The minimum absolute atomic E-state index is 0.208. The Morgan fingerprint density at radius 3 is 2.45 bits per heavy atom. The molecule has 0 saturated heterocycles. The highest BCUT2D eigenvalue weighted by atomic mass is 79.9. The number of halogens is 2. The van der Waals surface area contributed by atoms with Crippen molar-refractivity contribution in [1.29, 1.82) is 0 Å². The molecule has 1 aromatic rings. The molecule has 0 saturated carbocycles. The Labute approximate surface area is 128 Å². The van der Waals surface area contributed by atoms with Crippen LogP contribution in [0.3, 0.4) is 0 Å². The number of nitrogens with one attached hydrogen (secondary N) is 2. The zero-order valence-electron chi connectivity index (χ0n) is 12.0. The Bertz CT molecular complexity index is 576. The van der Waals surface area contributed by atoms with Gasteiger partial charge >= 0.3 is 0 Å². The minimum atomic E-state index is -3.56. The Morgan fingerprint density at radius 2 is 1.90 bits per heavy atom. The van der Waals surface area contributed by atoms with Gasteiger partial charge in [-0.25, -0.2) is 12.8 Å². The maximum absolute atomic E-state index is 13.5. The number of aryl methyl sites for hydroxylation is 1. The van der Waals surface area contributed by atoms with E-state index in [0.717, 1.165) is 0 Å². The molecule has 0 aliphatic carbocycles. The van der Waals surface area contributed by atoms with E-state index >= 15 is 0 Å². The van der Waals surface area contributed by atoms with Crippen LogP contribution in [0, 0.1) is 12.7 Å². The first-order chi connectivity index (χ1) is 9.13. The van der Waals surface area contributed by atoms with Crippen LogP contribution in [-0.4, -0.2) is 26.3 Å². The van der Waals surface area contributed by atoms with Crippen LogP contribution < -0.4 is 10.0 Å². The predicted octanol–water partition coefficient (Wildman–Crippen LogP) is 3.02. The van der Waals surface area contributed by atoms with Crippen LogP contribution in [0.25, 0.3) is 0 Å². The van der Waals surface area contributed by atoms with Gasteiger partial charge in [0, 0.05) is 12.6 Å². The van der Waals surface area contributed by atoms with Gasteiger partial charge in [-0.3, -0.25) is 4.72 Å². The van der Waals surface area contributed by atoms with Crippen LogP contribution in [0.4, 0.5) is 10.1 Å². The van der Waals surface area contributed by atoms with Crippen molar-refractivity contribution in [2.24, 2.45) is 0 Å². The van der Waals surface area contributed by atoms with Gasteiger partial charge in [0.15, 0.2) is 0 Å². The number of benzene rings is 1. The summed E-state index contributed by atoms with van der Waals surface area (Å²) < 4.78 is 40.6. The van der Waals surface area contributed by atoms with E-state index in [1.165, 1.54) is 6.07 Å². The van der Waals surface area contributed by atoms with E-state index in [-0.39, 0.29) is 11.7 Å². The summed E-state index contributed by atoms with van der Waals surface area (Å²) in [5.74, 6) is -0.499. The van der Waals surface area contributed by atoms with E-state index in [9.17, 15) is 12.8 Å². The van der Waals surface area contributed by atoms with Crippen LogP contribution in [0.15, 0.2) is 16.6 Å². The first-order valence-electron chi connectivity index (χ1n) is 6.34. The highest BCUT2D eigenvalue weighted by Crippen LogP contribution is 2.25. The van der Waals surface area contributed by atoms with E-state index in [2.05, 4.69) is 26.0 Å². The van der Waals surface area contributed by atoms with E-state index in [4.69, 9.17) is 0 Å². The van der Waals surface area contributed by atoms with Gasteiger partial charge in [-0.15, -0.1) is 0 Å². The van der Waals surface area contributed by atoms with Crippen LogP contribution in [0.1, 0.15) is 26.3 Å². The highest BCUT2D eigenvalue weighted by molar-refractivity contribution is 9.10. The lowest BCUT2D eigenvalue weighted by atomic mass is 10.2. The summed E-state index contributed by atoms with van der Waals surface area (Å²) in [5, 5.41) is 2.46. The second kappa shape index (κ2) is 6.87. The normalized spacial score (nSPS) is 13.6. The molecule has 20 heavy (non-hydrogen) atoms. The first kappa shape index (κ1) is 17.4. The number of sulfonamides is 1. The van der Waals surface area contributed by atoms with Crippen LogP contribution in [0.2, 0.25) is 0 Å². The number of hydrogen-bond acceptors (Lipinski definition) is 3. The second-order valence-corrected chi connectivity index (χ2v) is 8.06. The maximum atomic E-state index is 13.5. The Kier molecular flexibility index (Phi) is 5.97. The third kappa shape index (κ3) is 4.71. The molecule has 7 heteroatoms. The Morgan fingerprint density at radius 1 is 1.30 bits per heavy atom. The lowest BCUT2D eigenvalue weighted by molar-refractivity contribution is 0.553. The molecule has 4 nitrogen and oxygen atoms in total. The molecule has 0 aliphatic rings. The van der Waals surface area contributed by atoms with Crippen molar-refractivity contribution in [3.05, 3.63) is 28.0 Å². The van der Waals surface area contributed by atoms with Gasteiger partial charge in [-0.1, -0.05) is 13.8 Å². The monoisotopic (exact) mass is 366 g/mol. The van der Waals surface area contributed by atoms with Crippen molar-refractivity contribution in [3.8, 4) is 0 Å². The van der Waals surface area contributed by atoms with Crippen LogP contribution in [0.5, 0.6) is 0 Å². The fraction of sp³-hybridized carbons (Fsp3) is 0.538. The van der Waals surface area contributed by atoms with Crippen molar-refractivity contribution in [3.63, 3.8) is 0 Å². The summed E-state index contributed by atoms with van der Waals surface area (Å²) in [6, 6.07) is 2.93. The van der Waals surface area contributed by atoms with Gasteiger partial charge in [0.2, 0.25) is 10.0 Å². The molecule has 114 valence electrons. The van der Waals surface area contributed by atoms with Gasteiger partial charge in [-0.2, -0.15) is 0 Å². The number of hydrogen-bond donors (Lipinski definition) is 2. The summed E-state index contributed by atoms with van der Waals surface area (Å²) in [7, 11) is -3.56. The smallest absolute Gasteiger partial charge is 0.236 e. The molecule has 0 heterocycles. The Hall–Kier alpha value is -0.660. The zero-order chi connectivity index (χ0) is 15.5. The van der Waals surface area contributed by atoms with E-state index in [1.54, 1.807) is 19.9 Å². The molecule has 0 amide bonds. The number of anilines is 1. The van der Waals surface area contributed by atoms with Gasteiger partial charge in [0.05, 0.1) is 15.4 Å². The average molecular weight is 367 g/mol. The van der Waals surface area contributed by atoms with Gasteiger partial charge < -0.3 is 5.32 Å². The zero-order valence-corrected chi connectivity index (χ0v) is 14.4. The molecule has 0 radical (unpaired) electrons. The maximum Gasteiger partial charge on any atom is 0.236 e. The van der Waals surface area contributed by atoms with Crippen molar-refractivity contribution in [1.82, 2.24) is 5.32 Å². The van der Waals surface area contributed by atoms with Gasteiger partial charge in [-0.05, 0) is 47.5 Å². The van der Waals surface area contributed by atoms with Gasteiger partial charge in [0.1, 0.15) is 5.82 Å². The summed E-state index contributed by atoms with van der Waals surface area (Å²) in [6.07, 6.45) is 0. The third-order valence-corrected chi connectivity index (χ3v) is 5.20. The Balaban J connectivity index is 2.88. The highest BCUT2D eigenvalue weighted by Gasteiger charge is 2.22. The fourth-order valence-corrected chi connectivity index (χ4v) is 3.02. The molecule has 1 atom stereocenters. The SMILES string of the molecule is Cc1cc(Br)c(F)cc1NS(=O)(=O)C(C)CNC(C)C. The van der Waals surface area contributed by atoms with Crippen LogP contribution in [-0.2, 0) is 10.0 Å². The first-order valence-corrected chi connectivity index (χ1v) is 8.68. The van der Waals surface area contributed by atoms with E-state index in [0.29, 0.717) is 16.6 Å². The lowest BCUT2D eigenvalue weighted by Gasteiger charge is -2.18. The minimum Gasteiger partial charge on any atom is -0.313 e. The summed E-state index contributed by atoms with van der Waals surface area (Å²) in [6.45, 7) is 7.56. The van der Waals surface area contributed by atoms with Gasteiger partial charge in [0.25, 0.3) is 0 Å². The molecule has 0 bridgehead atoms. The number of rotatable bonds is 6. The molecule has 0 spiro atoms. The summed E-state index contributed by atoms with van der Waals surface area (Å²) in [5.41, 5.74) is 0.924. The molecule has 1 aromatic carbocycles. The molecular formula is C13H20BrFN2O2S. The summed E-state index contributed by atoms with van der Waals surface area (Å²) >= 11 is 3.07. The fourth-order valence-electron chi connectivity index (χ4n) is 1.52.